The van der Waals surface area contributed by atoms with Crippen LogP contribution in [0.3, 0.4) is 0 Å². The van der Waals surface area contributed by atoms with Gasteiger partial charge in [0.2, 0.25) is 11.8 Å². The van der Waals surface area contributed by atoms with Gasteiger partial charge in [0.25, 0.3) is 0 Å². The Labute approximate surface area is 206 Å². The summed E-state index contributed by atoms with van der Waals surface area (Å²) in [5.41, 5.74) is 3.65. The minimum Gasteiger partial charge on any atom is -0.455 e. The van der Waals surface area contributed by atoms with Crippen molar-refractivity contribution in [1.82, 2.24) is 9.80 Å². The predicted octanol–water partition coefficient (Wildman–Crippen LogP) is 4.29. The minimum atomic E-state index is -0.0877. The highest BCUT2D eigenvalue weighted by atomic mass is 16.5. The van der Waals surface area contributed by atoms with E-state index >= 15 is 0 Å². The normalized spacial score (nSPS) is 14.3. The number of benzene rings is 3. The van der Waals surface area contributed by atoms with Crippen LogP contribution in [0.4, 0.5) is 11.4 Å². The van der Waals surface area contributed by atoms with Crippen LogP contribution >= 0.6 is 0 Å². The van der Waals surface area contributed by atoms with Crippen molar-refractivity contribution in [3.05, 3.63) is 83.9 Å². The van der Waals surface area contributed by atoms with Gasteiger partial charge in [0.05, 0.1) is 18.8 Å². The second-order valence-corrected chi connectivity index (χ2v) is 8.83. The molecule has 2 N–H and O–H groups in total. The number of ether oxygens (including phenoxy) is 1. The molecule has 0 spiro atoms. The Hall–Kier alpha value is -3.68. The van der Waals surface area contributed by atoms with Crippen LogP contribution in [0.5, 0.6) is 11.5 Å². The smallest absolute Gasteiger partial charge is 0.238 e. The van der Waals surface area contributed by atoms with E-state index in [1.165, 1.54) is 0 Å². The molecule has 0 atom stereocenters. The largest absolute Gasteiger partial charge is 0.455 e. The Kier molecular flexibility index (Phi) is 8.13. The van der Waals surface area contributed by atoms with Crippen LogP contribution in [0, 0.1) is 13.8 Å². The molecule has 0 radical (unpaired) electrons. The maximum absolute atomic E-state index is 12.7. The molecule has 0 bridgehead atoms. The summed E-state index contributed by atoms with van der Waals surface area (Å²) in [6.45, 7) is 7.57. The van der Waals surface area contributed by atoms with Crippen molar-refractivity contribution < 1.29 is 14.3 Å². The quantitative estimate of drug-likeness (QED) is 0.512. The summed E-state index contributed by atoms with van der Waals surface area (Å²) in [5.74, 6) is 1.22. The van der Waals surface area contributed by atoms with E-state index in [2.05, 4.69) is 20.4 Å². The average Bonchev–Trinajstić information content (AvgIpc) is 2.85. The van der Waals surface area contributed by atoms with E-state index in [1.54, 1.807) is 0 Å². The lowest BCUT2D eigenvalue weighted by atomic mass is 10.1. The van der Waals surface area contributed by atoms with Gasteiger partial charge in [0.1, 0.15) is 5.75 Å². The molecular formula is C28H32N4O3. The first kappa shape index (κ1) is 24.4. The minimum absolute atomic E-state index is 0.0105. The SMILES string of the molecule is Cc1cccc(C)c1NC(=O)CN1CCN(CC(=O)Nc2ccccc2Oc2ccccc2)CC1. The number of piperazine rings is 1. The van der Waals surface area contributed by atoms with Gasteiger partial charge in [-0.1, -0.05) is 48.5 Å². The molecule has 7 nitrogen and oxygen atoms in total. The first-order chi connectivity index (χ1) is 17.0. The topological polar surface area (TPSA) is 73.9 Å². The molecule has 7 heteroatoms. The third-order valence-electron chi connectivity index (χ3n) is 6.08. The number of anilines is 2. The summed E-state index contributed by atoms with van der Waals surface area (Å²) in [6.07, 6.45) is 0. The summed E-state index contributed by atoms with van der Waals surface area (Å²) < 4.78 is 5.94. The lowest BCUT2D eigenvalue weighted by Gasteiger charge is -2.33. The zero-order valence-electron chi connectivity index (χ0n) is 20.3. The third-order valence-corrected chi connectivity index (χ3v) is 6.08. The Balaban J connectivity index is 1.24. The number of para-hydroxylation sites is 4. The van der Waals surface area contributed by atoms with Crippen LogP contribution in [0.2, 0.25) is 0 Å². The molecule has 0 saturated carbocycles. The van der Waals surface area contributed by atoms with Crippen LogP contribution in [0.25, 0.3) is 0 Å². The van der Waals surface area contributed by atoms with Crippen molar-refractivity contribution >= 4 is 23.2 Å². The molecule has 182 valence electrons. The van der Waals surface area contributed by atoms with Crippen molar-refractivity contribution in [3.63, 3.8) is 0 Å². The van der Waals surface area contributed by atoms with Crippen LogP contribution < -0.4 is 15.4 Å². The van der Waals surface area contributed by atoms with Gasteiger partial charge in [-0.25, -0.2) is 0 Å². The Bertz CT molecular complexity index is 1140. The molecule has 2 amide bonds. The number of carbonyl (C=O) groups is 2. The number of nitrogens with one attached hydrogen (secondary N) is 2. The molecule has 3 aromatic carbocycles. The molecule has 1 aliphatic heterocycles. The van der Waals surface area contributed by atoms with E-state index in [9.17, 15) is 9.59 Å². The highest BCUT2D eigenvalue weighted by molar-refractivity contribution is 5.94. The van der Waals surface area contributed by atoms with Gasteiger partial charge in [0, 0.05) is 31.9 Å². The molecule has 1 saturated heterocycles. The second-order valence-electron chi connectivity index (χ2n) is 8.83. The number of rotatable bonds is 8. The van der Waals surface area contributed by atoms with Crippen molar-refractivity contribution in [2.45, 2.75) is 13.8 Å². The van der Waals surface area contributed by atoms with Gasteiger partial charge in [-0.15, -0.1) is 0 Å². The number of aryl methyl sites for hydroxylation is 2. The summed E-state index contributed by atoms with van der Waals surface area (Å²) in [4.78, 5) is 29.5. The van der Waals surface area contributed by atoms with Gasteiger partial charge in [-0.05, 0) is 49.2 Å². The summed E-state index contributed by atoms with van der Waals surface area (Å²) in [5, 5.41) is 6.02. The van der Waals surface area contributed by atoms with Gasteiger partial charge in [0.15, 0.2) is 5.75 Å². The molecule has 1 fully saturated rings. The number of carbonyl (C=O) groups excluding carboxylic acids is 2. The number of hydrogen-bond acceptors (Lipinski definition) is 5. The number of hydrogen-bond donors (Lipinski definition) is 2. The summed E-state index contributed by atoms with van der Waals surface area (Å²) >= 11 is 0. The fourth-order valence-electron chi connectivity index (χ4n) is 4.17. The van der Waals surface area contributed by atoms with E-state index in [0.29, 0.717) is 30.3 Å². The van der Waals surface area contributed by atoms with Gasteiger partial charge in [-0.2, -0.15) is 0 Å². The fraction of sp³-hybridized carbons (Fsp3) is 0.286. The predicted molar refractivity (Wildman–Crippen MR) is 139 cm³/mol. The Morgan fingerprint density at radius 1 is 0.714 bits per heavy atom. The van der Waals surface area contributed by atoms with Crippen LogP contribution in [-0.2, 0) is 9.59 Å². The van der Waals surface area contributed by atoms with Crippen LogP contribution in [0.15, 0.2) is 72.8 Å². The molecule has 0 aromatic heterocycles. The summed E-state index contributed by atoms with van der Waals surface area (Å²) in [7, 11) is 0. The monoisotopic (exact) mass is 472 g/mol. The van der Waals surface area contributed by atoms with Gasteiger partial charge < -0.3 is 15.4 Å². The summed E-state index contributed by atoms with van der Waals surface area (Å²) in [6, 6.07) is 22.9. The maximum atomic E-state index is 12.7. The van der Waals surface area contributed by atoms with Crippen molar-refractivity contribution in [2.24, 2.45) is 0 Å². The lowest BCUT2D eigenvalue weighted by Crippen LogP contribution is -2.50. The molecule has 1 aliphatic rings. The first-order valence-corrected chi connectivity index (χ1v) is 11.9. The van der Waals surface area contributed by atoms with Crippen LogP contribution in [0.1, 0.15) is 11.1 Å². The highest BCUT2D eigenvalue weighted by Gasteiger charge is 2.21. The second kappa shape index (κ2) is 11.6. The van der Waals surface area contributed by atoms with Crippen molar-refractivity contribution in [2.75, 3.05) is 49.9 Å². The van der Waals surface area contributed by atoms with Gasteiger partial charge >= 0.3 is 0 Å². The van der Waals surface area contributed by atoms with E-state index in [0.717, 1.165) is 43.0 Å². The highest BCUT2D eigenvalue weighted by Crippen LogP contribution is 2.29. The Morgan fingerprint density at radius 3 is 1.89 bits per heavy atom. The van der Waals surface area contributed by atoms with E-state index in [1.807, 2.05) is 86.6 Å². The molecular weight excluding hydrogens is 440 g/mol. The molecule has 4 rings (SSSR count). The standard InChI is InChI=1S/C28H32N4O3/c1-21-9-8-10-22(2)28(21)30-27(34)20-32-17-15-31(16-18-32)19-26(33)29-24-13-6-7-14-25(24)35-23-11-4-3-5-12-23/h3-14H,15-20H2,1-2H3,(H,29,33)(H,30,34). The third kappa shape index (κ3) is 6.91. The van der Waals surface area contributed by atoms with E-state index in [-0.39, 0.29) is 11.8 Å². The van der Waals surface area contributed by atoms with Crippen LogP contribution in [-0.4, -0.2) is 60.9 Å². The average molecular weight is 473 g/mol. The molecule has 3 aromatic rings. The Morgan fingerprint density at radius 2 is 1.26 bits per heavy atom. The molecule has 0 aliphatic carbocycles. The van der Waals surface area contributed by atoms with E-state index < -0.39 is 0 Å². The maximum Gasteiger partial charge on any atom is 0.238 e. The molecule has 1 heterocycles. The fourth-order valence-corrected chi connectivity index (χ4v) is 4.17. The van der Waals surface area contributed by atoms with Crippen molar-refractivity contribution in [3.8, 4) is 11.5 Å². The molecule has 35 heavy (non-hydrogen) atoms. The van der Waals surface area contributed by atoms with E-state index in [4.69, 9.17) is 4.74 Å². The van der Waals surface area contributed by atoms with Gasteiger partial charge in [-0.3, -0.25) is 19.4 Å². The first-order valence-electron chi connectivity index (χ1n) is 11.9. The number of nitrogens with zero attached hydrogens (tertiary/aromatic N) is 2. The zero-order valence-corrected chi connectivity index (χ0v) is 20.3. The number of amides is 2. The molecule has 0 unspecified atom stereocenters. The van der Waals surface area contributed by atoms with Crippen molar-refractivity contribution in [1.29, 1.82) is 0 Å². The zero-order chi connectivity index (χ0) is 24.6. The lowest BCUT2D eigenvalue weighted by molar-refractivity contribution is -0.120.